The van der Waals surface area contributed by atoms with Crippen LogP contribution in [0.2, 0.25) is 0 Å². The van der Waals surface area contributed by atoms with Crippen molar-refractivity contribution in [2.75, 3.05) is 13.1 Å². The van der Waals surface area contributed by atoms with Gasteiger partial charge < -0.3 is 14.4 Å². The largest absolute Gasteiger partial charge is 0.491 e. The van der Waals surface area contributed by atoms with Crippen LogP contribution < -0.4 is 9.47 Å². The normalized spacial score (nSPS) is 17.2. The standard InChI is InChI=1S/C25H18F5N5O4/c26-24(27)9-10-34(22(36)16-6-2-4-8-18(16)35-14-31-13-32-35)12-20(24)39-21-19(38-23(37)25(28,29)30)11-15-5-1-3-7-17(15)33-21/h1-8,11,13-14,20H,9-10,12H2. The van der Waals surface area contributed by atoms with Gasteiger partial charge in [0.15, 0.2) is 11.9 Å². The Hall–Kier alpha value is -4.62. The molecule has 1 saturated heterocycles. The minimum Gasteiger partial charge on any atom is -0.463 e. The van der Waals surface area contributed by atoms with Gasteiger partial charge in [0.05, 0.1) is 23.3 Å². The number of carbonyl (C=O) groups is 2. The molecule has 0 N–H and O–H groups in total. The SMILES string of the molecule is O=C(c1ccccc1-n1cncn1)N1CCC(F)(F)C(Oc2nc3ccccc3cc2OC(=O)C(F)(F)F)C1. The lowest BCUT2D eigenvalue weighted by molar-refractivity contribution is -0.190. The quantitative estimate of drug-likeness (QED) is 0.273. The van der Waals surface area contributed by atoms with Gasteiger partial charge in [-0.15, -0.1) is 0 Å². The van der Waals surface area contributed by atoms with E-state index < -0.39 is 54.7 Å². The average molecular weight is 547 g/mol. The molecule has 14 heteroatoms. The predicted molar refractivity (Wildman–Crippen MR) is 125 cm³/mol. The van der Waals surface area contributed by atoms with Crippen molar-refractivity contribution in [3.05, 3.63) is 72.8 Å². The molecule has 0 spiro atoms. The lowest BCUT2D eigenvalue weighted by atomic mass is 10.0. The number of hydrogen-bond donors (Lipinski definition) is 0. The number of para-hydroxylation sites is 2. The second-order valence-electron chi connectivity index (χ2n) is 8.60. The summed E-state index contributed by atoms with van der Waals surface area (Å²) < 4.78 is 79.8. The van der Waals surface area contributed by atoms with E-state index in [2.05, 4.69) is 19.8 Å². The number of fused-ring (bicyclic) bond motifs is 1. The van der Waals surface area contributed by atoms with Crippen LogP contribution in [0.3, 0.4) is 0 Å². The van der Waals surface area contributed by atoms with Gasteiger partial charge in [0.2, 0.25) is 0 Å². The topological polar surface area (TPSA) is 99.4 Å². The minimum absolute atomic E-state index is 0.163. The first-order valence-corrected chi connectivity index (χ1v) is 11.5. The Balaban J connectivity index is 1.45. The van der Waals surface area contributed by atoms with Gasteiger partial charge >= 0.3 is 12.1 Å². The monoisotopic (exact) mass is 547 g/mol. The summed E-state index contributed by atoms with van der Waals surface area (Å²) in [5.74, 6) is -8.18. The Labute approximate surface area is 216 Å². The van der Waals surface area contributed by atoms with Crippen LogP contribution >= 0.6 is 0 Å². The summed E-state index contributed by atoms with van der Waals surface area (Å²) in [6.45, 7) is -0.947. The molecule has 1 amide bonds. The van der Waals surface area contributed by atoms with Gasteiger partial charge in [-0.05, 0) is 24.3 Å². The third-order valence-electron chi connectivity index (χ3n) is 6.00. The van der Waals surface area contributed by atoms with Crippen molar-refractivity contribution in [3.8, 4) is 17.3 Å². The fourth-order valence-corrected chi connectivity index (χ4v) is 4.06. The van der Waals surface area contributed by atoms with Crippen LogP contribution in [-0.2, 0) is 4.79 Å². The summed E-state index contributed by atoms with van der Waals surface area (Å²) in [6, 6.07) is 13.5. The molecule has 0 aliphatic carbocycles. The first-order chi connectivity index (χ1) is 18.5. The zero-order chi connectivity index (χ0) is 27.8. The van der Waals surface area contributed by atoms with Crippen LogP contribution in [0, 0.1) is 0 Å². The van der Waals surface area contributed by atoms with Crippen LogP contribution in [0.25, 0.3) is 16.6 Å². The van der Waals surface area contributed by atoms with Crippen LogP contribution in [0.5, 0.6) is 11.6 Å². The molecule has 0 bridgehead atoms. The highest BCUT2D eigenvalue weighted by Gasteiger charge is 2.48. The van der Waals surface area contributed by atoms with Crippen molar-refractivity contribution in [1.82, 2.24) is 24.6 Å². The fourth-order valence-electron chi connectivity index (χ4n) is 4.06. The van der Waals surface area contributed by atoms with E-state index in [1.165, 1.54) is 35.5 Å². The number of aromatic nitrogens is 4. The number of hydrogen-bond acceptors (Lipinski definition) is 7. The summed E-state index contributed by atoms with van der Waals surface area (Å²) in [4.78, 5) is 33.9. The Morgan fingerprint density at radius 3 is 2.54 bits per heavy atom. The number of halogens is 5. The van der Waals surface area contributed by atoms with E-state index in [-0.39, 0.29) is 23.0 Å². The number of ether oxygens (including phenoxy) is 2. The first kappa shape index (κ1) is 26.0. The van der Waals surface area contributed by atoms with Gasteiger partial charge in [0.1, 0.15) is 12.7 Å². The smallest absolute Gasteiger partial charge is 0.463 e. The summed E-state index contributed by atoms with van der Waals surface area (Å²) in [6.07, 6.45) is -5.51. The molecule has 1 fully saturated rings. The van der Waals surface area contributed by atoms with E-state index >= 15 is 0 Å². The minimum atomic E-state index is -5.35. The number of esters is 1. The molecule has 0 radical (unpaired) electrons. The van der Waals surface area contributed by atoms with Crippen molar-refractivity contribution in [3.63, 3.8) is 0 Å². The van der Waals surface area contributed by atoms with E-state index in [0.29, 0.717) is 5.69 Å². The van der Waals surface area contributed by atoms with Crippen molar-refractivity contribution in [2.24, 2.45) is 0 Å². The summed E-state index contributed by atoms with van der Waals surface area (Å²) >= 11 is 0. The molecule has 5 rings (SSSR count). The predicted octanol–water partition coefficient (Wildman–Crippen LogP) is 4.21. The number of rotatable bonds is 5. The summed E-state index contributed by atoms with van der Waals surface area (Å²) in [5, 5.41) is 4.29. The van der Waals surface area contributed by atoms with Gasteiger partial charge in [-0.3, -0.25) is 4.79 Å². The summed E-state index contributed by atoms with van der Waals surface area (Å²) in [7, 11) is 0. The Kier molecular flexibility index (Phi) is 6.62. The molecule has 39 heavy (non-hydrogen) atoms. The van der Waals surface area contributed by atoms with E-state index in [1.807, 2.05) is 0 Å². The first-order valence-electron chi connectivity index (χ1n) is 11.5. The highest BCUT2D eigenvalue weighted by Crippen LogP contribution is 2.37. The van der Waals surface area contributed by atoms with Gasteiger partial charge in [0.25, 0.3) is 17.7 Å². The molecule has 1 aliphatic heterocycles. The highest BCUT2D eigenvalue weighted by molar-refractivity contribution is 5.97. The number of amides is 1. The summed E-state index contributed by atoms with van der Waals surface area (Å²) in [5.41, 5.74) is 0.732. The second kappa shape index (κ2) is 9.93. The third kappa shape index (κ3) is 5.35. The molecule has 2 aromatic carbocycles. The number of nitrogens with zero attached hydrogens (tertiary/aromatic N) is 5. The Morgan fingerprint density at radius 2 is 1.79 bits per heavy atom. The van der Waals surface area contributed by atoms with Crippen LogP contribution in [0.1, 0.15) is 16.8 Å². The van der Waals surface area contributed by atoms with Crippen LogP contribution in [-0.4, -0.2) is 67.8 Å². The third-order valence-corrected chi connectivity index (χ3v) is 6.00. The number of likely N-dealkylation sites (tertiary alicyclic amines) is 1. The maximum atomic E-state index is 15.0. The van der Waals surface area contributed by atoms with E-state index in [9.17, 15) is 31.5 Å². The van der Waals surface area contributed by atoms with Crippen molar-refractivity contribution in [2.45, 2.75) is 24.6 Å². The second-order valence-corrected chi connectivity index (χ2v) is 8.60. The van der Waals surface area contributed by atoms with E-state index in [1.54, 1.807) is 30.3 Å². The lowest BCUT2D eigenvalue weighted by Gasteiger charge is -2.38. The van der Waals surface area contributed by atoms with Crippen molar-refractivity contribution < 1.29 is 41.0 Å². The lowest BCUT2D eigenvalue weighted by Crippen LogP contribution is -2.55. The molecular formula is C25H18F5N5O4. The van der Waals surface area contributed by atoms with Crippen molar-refractivity contribution >= 4 is 22.8 Å². The molecular weight excluding hydrogens is 529 g/mol. The number of carbonyl (C=O) groups excluding carboxylic acids is 2. The van der Waals surface area contributed by atoms with Gasteiger partial charge in [-0.25, -0.2) is 28.2 Å². The molecule has 9 nitrogen and oxygen atoms in total. The van der Waals surface area contributed by atoms with Gasteiger partial charge in [-0.1, -0.05) is 30.3 Å². The Morgan fingerprint density at radius 1 is 1.05 bits per heavy atom. The molecule has 1 unspecified atom stereocenters. The number of piperidine rings is 1. The highest BCUT2D eigenvalue weighted by atomic mass is 19.4. The number of alkyl halides is 5. The molecule has 2 aromatic heterocycles. The molecule has 1 atom stereocenters. The van der Waals surface area contributed by atoms with E-state index in [0.717, 1.165) is 11.0 Å². The number of pyridine rings is 1. The molecule has 4 aromatic rings. The van der Waals surface area contributed by atoms with Crippen molar-refractivity contribution in [1.29, 1.82) is 0 Å². The molecule has 3 heterocycles. The fraction of sp³-hybridized carbons (Fsp3) is 0.240. The molecule has 202 valence electrons. The molecule has 1 aliphatic rings. The van der Waals surface area contributed by atoms with E-state index in [4.69, 9.17) is 4.74 Å². The number of benzene rings is 2. The average Bonchev–Trinajstić information content (AvgIpc) is 3.44. The van der Waals surface area contributed by atoms with Gasteiger partial charge in [-0.2, -0.15) is 18.3 Å². The maximum absolute atomic E-state index is 15.0. The maximum Gasteiger partial charge on any atom is 0.491 e. The Bertz CT molecular complexity index is 1530. The zero-order valence-electron chi connectivity index (χ0n) is 19.8. The van der Waals surface area contributed by atoms with Gasteiger partial charge in [0, 0.05) is 18.4 Å². The van der Waals surface area contributed by atoms with Crippen LogP contribution in [0.4, 0.5) is 22.0 Å². The van der Waals surface area contributed by atoms with Crippen LogP contribution in [0.15, 0.2) is 67.3 Å². The molecule has 0 saturated carbocycles. The zero-order valence-corrected chi connectivity index (χ0v) is 19.8.